The van der Waals surface area contributed by atoms with Gasteiger partial charge in [0.15, 0.2) is 17.3 Å². The van der Waals surface area contributed by atoms with Gasteiger partial charge in [-0.15, -0.1) is 0 Å². The molecule has 1 atom stereocenters. The maximum absolute atomic E-state index is 13.3. The molecule has 1 heterocycles. The van der Waals surface area contributed by atoms with E-state index in [-0.39, 0.29) is 28.2 Å². The molecule has 0 unspecified atom stereocenters. The van der Waals surface area contributed by atoms with Gasteiger partial charge in [-0.25, -0.2) is 4.79 Å². The second-order valence-corrected chi connectivity index (χ2v) is 10.2. The molecule has 38 heavy (non-hydrogen) atoms. The number of benzene rings is 4. The summed E-state index contributed by atoms with van der Waals surface area (Å²) in [7, 11) is 1.51. The first-order valence-corrected chi connectivity index (χ1v) is 13.1. The van der Waals surface area contributed by atoms with Crippen molar-refractivity contribution in [3.63, 3.8) is 0 Å². The van der Waals surface area contributed by atoms with E-state index in [1.54, 1.807) is 12.1 Å². The van der Waals surface area contributed by atoms with E-state index in [0.29, 0.717) is 17.2 Å². The Morgan fingerprint density at radius 1 is 0.947 bits per heavy atom. The Labute approximate surface area is 230 Å². The molecule has 1 N–H and O–H groups in total. The summed E-state index contributed by atoms with van der Waals surface area (Å²) in [5, 5.41) is 6.52. The average Bonchev–Trinajstić information content (AvgIpc) is 2.92. The van der Waals surface area contributed by atoms with Crippen LogP contribution in [-0.4, -0.2) is 18.9 Å². The van der Waals surface area contributed by atoms with E-state index in [1.165, 1.54) is 19.2 Å². The molecule has 0 spiro atoms. The van der Waals surface area contributed by atoms with Crippen LogP contribution < -0.4 is 14.8 Å². The molecule has 0 bridgehead atoms. The Bertz CT molecular complexity index is 1660. The van der Waals surface area contributed by atoms with Gasteiger partial charge in [0.25, 0.3) is 0 Å². The van der Waals surface area contributed by atoms with Gasteiger partial charge in [-0.3, -0.25) is 4.79 Å². The van der Waals surface area contributed by atoms with E-state index in [9.17, 15) is 9.59 Å². The first kappa shape index (κ1) is 24.5. The molecule has 5 nitrogen and oxygen atoms in total. The molecule has 0 saturated carbocycles. The molecule has 6 rings (SSSR count). The van der Waals surface area contributed by atoms with Crippen LogP contribution in [0.15, 0.2) is 78.4 Å². The molecule has 0 radical (unpaired) electrons. The van der Waals surface area contributed by atoms with E-state index in [2.05, 4.69) is 29.6 Å². The minimum Gasteiger partial charge on any atom is -0.493 e. The van der Waals surface area contributed by atoms with Crippen molar-refractivity contribution in [2.45, 2.75) is 25.3 Å². The molecule has 0 aromatic heterocycles. The molecule has 0 amide bonds. The number of ether oxygens (including phenoxy) is 2. The third-order valence-corrected chi connectivity index (χ3v) is 7.70. The monoisotopic (exact) mass is 543 g/mol. The maximum atomic E-state index is 13.3. The van der Waals surface area contributed by atoms with Crippen molar-refractivity contribution in [2.24, 2.45) is 0 Å². The topological polar surface area (TPSA) is 64.6 Å². The number of allylic oxidation sites excluding steroid dienone is 1. The molecule has 2 aliphatic rings. The van der Waals surface area contributed by atoms with Gasteiger partial charge in [0, 0.05) is 28.3 Å². The lowest BCUT2D eigenvalue weighted by atomic mass is 9.77. The van der Waals surface area contributed by atoms with Crippen LogP contribution in [0.1, 0.15) is 46.8 Å². The van der Waals surface area contributed by atoms with Crippen molar-refractivity contribution in [1.82, 2.24) is 0 Å². The highest BCUT2D eigenvalue weighted by Crippen LogP contribution is 2.48. The zero-order valence-electron chi connectivity index (χ0n) is 20.5. The minimum atomic E-state index is -0.623. The molecule has 4 aromatic rings. The van der Waals surface area contributed by atoms with Gasteiger partial charge in [0.2, 0.25) is 0 Å². The number of carbonyl (C=O) groups excluding carboxylic acids is 2. The van der Waals surface area contributed by atoms with Gasteiger partial charge in [0.05, 0.1) is 23.7 Å². The Hall–Kier alpha value is -3.80. The second kappa shape index (κ2) is 9.82. The van der Waals surface area contributed by atoms with Crippen LogP contribution in [0.4, 0.5) is 5.69 Å². The van der Waals surface area contributed by atoms with Crippen LogP contribution in [-0.2, 0) is 4.79 Å². The van der Waals surface area contributed by atoms with Crippen LogP contribution in [0.25, 0.3) is 16.3 Å². The van der Waals surface area contributed by atoms with Crippen molar-refractivity contribution in [2.75, 3.05) is 12.4 Å². The number of ketones is 1. The van der Waals surface area contributed by atoms with Crippen molar-refractivity contribution >= 4 is 57.0 Å². The standard InChI is InChI=1S/C31H23Cl2NO4/c1-37-27-15-18(10-14-26(27)38-31(36)21-12-11-19(32)16-23(21)33)30-29-22(7-4-8-25(29)35)28-20-6-3-2-5-17(20)9-13-24(28)34-30/h2-3,5-6,9-16,30,34H,4,7-8H2,1H3/t30-/m1/s1. The third kappa shape index (κ3) is 4.22. The highest BCUT2D eigenvalue weighted by atomic mass is 35.5. The number of hydrogen-bond donors (Lipinski definition) is 1. The number of halogens is 2. The Morgan fingerprint density at radius 3 is 2.61 bits per heavy atom. The summed E-state index contributed by atoms with van der Waals surface area (Å²) in [6.45, 7) is 0. The lowest BCUT2D eigenvalue weighted by molar-refractivity contribution is -0.116. The second-order valence-electron chi connectivity index (χ2n) is 9.38. The SMILES string of the molecule is COc1cc([C@H]2Nc3ccc4ccccc4c3C3=C2C(=O)CCC3)ccc1OC(=O)c1ccc(Cl)cc1Cl. The molecular weight excluding hydrogens is 521 g/mol. The molecule has 1 aliphatic carbocycles. The molecule has 7 heteroatoms. The summed E-state index contributed by atoms with van der Waals surface area (Å²) in [4.78, 5) is 26.1. The lowest BCUT2D eigenvalue weighted by Crippen LogP contribution is -2.27. The molecule has 4 aromatic carbocycles. The fourth-order valence-corrected chi connectivity index (χ4v) is 5.90. The van der Waals surface area contributed by atoms with Gasteiger partial charge >= 0.3 is 5.97 Å². The summed E-state index contributed by atoms with van der Waals surface area (Å²) in [6.07, 6.45) is 2.19. The molecular formula is C31H23Cl2NO4. The summed E-state index contributed by atoms with van der Waals surface area (Å²) in [6, 6.07) is 22.0. The van der Waals surface area contributed by atoms with Gasteiger partial charge in [-0.1, -0.05) is 59.6 Å². The number of carbonyl (C=O) groups is 2. The van der Waals surface area contributed by atoms with Crippen molar-refractivity contribution in [1.29, 1.82) is 0 Å². The number of hydrogen-bond acceptors (Lipinski definition) is 5. The number of fused-ring (bicyclic) bond motifs is 4. The first-order valence-electron chi connectivity index (χ1n) is 12.3. The van der Waals surface area contributed by atoms with E-state index in [0.717, 1.165) is 51.6 Å². The van der Waals surface area contributed by atoms with Crippen molar-refractivity contribution < 1.29 is 19.1 Å². The lowest BCUT2D eigenvalue weighted by Gasteiger charge is -2.35. The van der Waals surface area contributed by atoms with Gasteiger partial charge in [0.1, 0.15) is 0 Å². The van der Waals surface area contributed by atoms with Crippen LogP contribution in [0.3, 0.4) is 0 Å². The predicted molar refractivity (Wildman–Crippen MR) is 151 cm³/mol. The maximum Gasteiger partial charge on any atom is 0.345 e. The smallest absolute Gasteiger partial charge is 0.345 e. The van der Waals surface area contributed by atoms with E-state index >= 15 is 0 Å². The quantitative estimate of drug-likeness (QED) is 0.208. The van der Waals surface area contributed by atoms with Crippen LogP contribution >= 0.6 is 23.2 Å². The van der Waals surface area contributed by atoms with Crippen LogP contribution in [0.2, 0.25) is 10.0 Å². The molecule has 0 fully saturated rings. The zero-order chi connectivity index (χ0) is 26.4. The Balaban J connectivity index is 1.39. The summed E-state index contributed by atoms with van der Waals surface area (Å²) < 4.78 is 11.2. The number of nitrogens with one attached hydrogen (secondary N) is 1. The van der Waals surface area contributed by atoms with E-state index in [1.807, 2.05) is 24.3 Å². The normalized spacial score (nSPS) is 16.5. The fraction of sp³-hybridized carbons (Fsp3) is 0.161. The number of rotatable bonds is 4. The summed E-state index contributed by atoms with van der Waals surface area (Å²) >= 11 is 12.1. The third-order valence-electron chi connectivity index (χ3n) is 7.15. The fourth-order valence-electron chi connectivity index (χ4n) is 5.41. The highest BCUT2D eigenvalue weighted by Gasteiger charge is 2.35. The molecule has 0 saturated heterocycles. The van der Waals surface area contributed by atoms with Crippen LogP contribution in [0, 0.1) is 0 Å². The largest absolute Gasteiger partial charge is 0.493 e. The predicted octanol–water partition coefficient (Wildman–Crippen LogP) is 8.05. The first-order chi connectivity index (χ1) is 18.4. The summed E-state index contributed by atoms with van der Waals surface area (Å²) in [5.41, 5.74) is 5.03. The minimum absolute atomic E-state index is 0.147. The van der Waals surface area contributed by atoms with Crippen LogP contribution in [0.5, 0.6) is 11.5 Å². The number of anilines is 1. The van der Waals surface area contributed by atoms with Crippen molar-refractivity contribution in [3.05, 3.63) is 105 Å². The number of methoxy groups -OCH3 is 1. The average molecular weight is 544 g/mol. The Morgan fingerprint density at radius 2 is 1.79 bits per heavy atom. The number of esters is 1. The van der Waals surface area contributed by atoms with Gasteiger partial charge < -0.3 is 14.8 Å². The zero-order valence-corrected chi connectivity index (χ0v) is 22.0. The number of Topliss-reactive ketones (excluding diaryl/α,β-unsaturated/α-hetero) is 1. The van der Waals surface area contributed by atoms with Gasteiger partial charge in [-0.2, -0.15) is 0 Å². The Kier molecular flexibility index (Phi) is 6.34. The highest BCUT2D eigenvalue weighted by molar-refractivity contribution is 6.36. The molecule has 190 valence electrons. The molecule has 1 aliphatic heterocycles. The van der Waals surface area contributed by atoms with E-state index in [4.69, 9.17) is 32.7 Å². The van der Waals surface area contributed by atoms with Crippen molar-refractivity contribution in [3.8, 4) is 11.5 Å². The van der Waals surface area contributed by atoms with Gasteiger partial charge in [-0.05, 0) is 71.1 Å². The summed E-state index contributed by atoms with van der Waals surface area (Å²) in [5.74, 6) is 0.145. The van der Waals surface area contributed by atoms with E-state index < -0.39 is 5.97 Å².